The predicted octanol–water partition coefficient (Wildman–Crippen LogP) is 1.36. The summed E-state index contributed by atoms with van der Waals surface area (Å²) in [5.74, 6) is 0.809. The monoisotopic (exact) mass is 415 g/mol. The van der Waals surface area contributed by atoms with E-state index < -0.39 is 10.0 Å². The Morgan fingerprint density at radius 2 is 1.55 bits per heavy atom. The second-order valence-corrected chi connectivity index (χ2v) is 8.70. The molecule has 2 aromatic rings. The van der Waals surface area contributed by atoms with E-state index in [-0.39, 0.29) is 4.90 Å². The summed E-state index contributed by atoms with van der Waals surface area (Å²) in [6.45, 7) is 5.45. The van der Waals surface area contributed by atoms with Crippen LogP contribution >= 0.6 is 0 Å². The molecule has 1 saturated heterocycles. The van der Waals surface area contributed by atoms with E-state index in [0.29, 0.717) is 13.1 Å². The second kappa shape index (κ2) is 10.4. The number of piperazine rings is 1. The Morgan fingerprint density at radius 1 is 0.931 bits per heavy atom. The molecule has 0 saturated carbocycles. The van der Waals surface area contributed by atoms with Gasteiger partial charge in [0.2, 0.25) is 10.0 Å². The number of sulfonamides is 1. The fourth-order valence-electron chi connectivity index (χ4n) is 3.33. The van der Waals surface area contributed by atoms with Gasteiger partial charge < -0.3 is 10.2 Å². The summed E-state index contributed by atoms with van der Waals surface area (Å²) in [4.78, 5) is 9.28. The quantitative estimate of drug-likeness (QED) is 0.406. The number of guanidine groups is 1. The Bertz CT molecular complexity index is 880. The maximum absolute atomic E-state index is 12.2. The number of nitrogens with zero attached hydrogens (tertiary/aromatic N) is 3. The Labute approximate surface area is 173 Å². The largest absolute Gasteiger partial charge is 0.355 e. The Morgan fingerprint density at radius 3 is 2.17 bits per heavy atom. The lowest BCUT2D eigenvalue weighted by atomic mass is 10.2. The molecular weight excluding hydrogens is 386 g/mol. The van der Waals surface area contributed by atoms with E-state index >= 15 is 0 Å². The highest BCUT2D eigenvalue weighted by Gasteiger charge is 2.19. The highest BCUT2D eigenvalue weighted by Crippen LogP contribution is 2.09. The fraction of sp³-hybridized carbons (Fsp3) is 0.381. The highest BCUT2D eigenvalue weighted by molar-refractivity contribution is 7.89. The summed E-state index contributed by atoms with van der Waals surface area (Å²) in [5, 5.41) is 3.26. The lowest BCUT2D eigenvalue weighted by Crippen LogP contribution is -2.52. The molecule has 1 heterocycles. The van der Waals surface area contributed by atoms with Crippen molar-refractivity contribution >= 4 is 16.0 Å². The van der Waals surface area contributed by atoms with Crippen LogP contribution in [-0.2, 0) is 16.6 Å². The summed E-state index contributed by atoms with van der Waals surface area (Å²) < 4.78 is 27.1. The molecular formula is C21H29N5O2S. The molecule has 2 N–H and O–H groups in total. The first-order chi connectivity index (χ1) is 14.1. The van der Waals surface area contributed by atoms with Crippen molar-refractivity contribution in [1.82, 2.24) is 19.8 Å². The van der Waals surface area contributed by atoms with E-state index in [4.69, 9.17) is 0 Å². The van der Waals surface area contributed by atoms with E-state index in [2.05, 4.69) is 49.1 Å². The van der Waals surface area contributed by atoms with Gasteiger partial charge in [0.1, 0.15) is 0 Å². The molecule has 1 aliphatic rings. The molecule has 0 atom stereocenters. The number of hydrogen-bond acceptors (Lipinski definition) is 4. The Balaban J connectivity index is 1.41. The van der Waals surface area contributed by atoms with Crippen LogP contribution in [0.2, 0.25) is 0 Å². The SMILES string of the molecule is CN=C(NCCNS(=O)(=O)c1ccccc1)N1CCN(Cc2ccccc2)CC1. The van der Waals surface area contributed by atoms with E-state index in [9.17, 15) is 8.42 Å². The van der Waals surface area contributed by atoms with Crippen molar-refractivity contribution in [2.75, 3.05) is 46.3 Å². The third-order valence-corrected chi connectivity index (χ3v) is 6.36. The van der Waals surface area contributed by atoms with Crippen molar-refractivity contribution in [1.29, 1.82) is 0 Å². The topological polar surface area (TPSA) is 77.0 Å². The first-order valence-corrected chi connectivity index (χ1v) is 11.3. The van der Waals surface area contributed by atoms with Crippen LogP contribution in [0.4, 0.5) is 0 Å². The van der Waals surface area contributed by atoms with Crippen molar-refractivity contribution in [2.24, 2.45) is 4.99 Å². The Hall–Kier alpha value is -2.42. The van der Waals surface area contributed by atoms with Gasteiger partial charge in [0.25, 0.3) is 0 Å². The zero-order chi connectivity index (χ0) is 20.5. The molecule has 29 heavy (non-hydrogen) atoms. The van der Waals surface area contributed by atoms with Gasteiger partial charge in [-0.2, -0.15) is 0 Å². The first-order valence-electron chi connectivity index (χ1n) is 9.85. The molecule has 1 aliphatic heterocycles. The molecule has 0 aliphatic carbocycles. The predicted molar refractivity (Wildman–Crippen MR) is 116 cm³/mol. The van der Waals surface area contributed by atoms with Gasteiger partial charge in [-0.05, 0) is 17.7 Å². The highest BCUT2D eigenvalue weighted by atomic mass is 32.2. The van der Waals surface area contributed by atoms with Crippen LogP contribution in [0.1, 0.15) is 5.56 Å². The van der Waals surface area contributed by atoms with Crippen LogP contribution in [0.25, 0.3) is 0 Å². The minimum atomic E-state index is -3.48. The van der Waals surface area contributed by atoms with E-state index in [0.717, 1.165) is 38.7 Å². The minimum absolute atomic E-state index is 0.277. The van der Waals surface area contributed by atoms with Gasteiger partial charge in [-0.3, -0.25) is 9.89 Å². The maximum Gasteiger partial charge on any atom is 0.240 e. The molecule has 156 valence electrons. The smallest absolute Gasteiger partial charge is 0.240 e. The molecule has 0 bridgehead atoms. The van der Waals surface area contributed by atoms with Gasteiger partial charge in [0.05, 0.1) is 4.90 Å². The molecule has 0 aromatic heterocycles. The number of benzene rings is 2. The zero-order valence-electron chi connectivity index (χ0n) is 16.8. The van der Waals surface area contributed by atoms with E-state index in [1.165, 1.54) is 5.56 Å². The van der Waals surface area contributed by atoms with E-state index in [1.54, 1.807) is 37.4 Å². The number of hydrogen-bond donors (Lipinski definition) is 2. The lowest BCUT2D eigenvalue weighted by Gasteiger charge is -2.36. The summed E-state index contributed by atoms with van der Waals surface area (Å²) in [6, 6.07) is 18.9. The molecule has 2 aromatic carbocycles. The van der Waals surface area contributed by atoms with Gasteiger partial charge in [-0.1, -0.05) is 48.5 Å². The van der Waals surface area contributed by atoms with Crippen molar-refractivity contribution in [3.8, 4) is 0 Å². The maximum atomic E-state index is 12.2. The number of aliphatic imine (C=N–C) groups is 1. The van der Waals surface area contributed by atoms with Crippen molar-refractivity contribution in [3.05, 3.63) is 66.2 Å². The van der Waals surface area contributed by atoms with Crippen molar-refractivity contribution in [3.63, 3.8) is 0 Å². The lowest BCUT2D eigenvalue weighted by molar-refractivity contribution is 0.172. The minimum Gasteiger partial charge on any atom is -0.355 e. The third-order valence-electron chi connectivity index (χ3n) is 4.89. The number of nitrogens with one attached hydrogen (secondary N) is 2. The standard InChI is InChI=1S/C21H29N5O2S/c1-22-21(23-12-13-24-29(27,28)20-10-6-3-7-11-20)26-16-14-25(15-17-26)18-19-8-4-2-5-9-19/h2-11,24H,12-18H2,1H3,(H,22,23). The molecule has 3 rings (SSSR count). The van der Waals surface area contributed by atoms with Crippen LogP contribution in [-0.4, -0.2) is 70.5 Å². The van der Waals surface area contributed by atoms with Gasteiger partial charge in [-0.25, -0.2) is 13.1 Å². The zero-order valence-corrected chi connectivity index (χ0v) is 17.6. The van der Waals surface area contributed by atoms with Crippen LogP contribution < -0.4 is 10.0 Å². The molecule has 0 unspecified atom stereocenters. The van der Waals surface area contributed by atoms with Crippen molar-refractivity contribution < 1.29 is 8.42 Å². The first kappa shape index (κ1) is 21.3. The molecule has 0 amide bonds. The van der Waals surface area contributed by atoms with E-state index in [1.807, 2.05) is 6.07 Å². The van der Waals surface area contributed by atoms with Crippen LogP contribution in [0.15, 0.2) is 70.6 Å². The van der Waals surface area contributed by atoms with Crippen LogP contribution in [0.5, 0.6) is 0 Å². The molecule has 7 nitrogen and oxygen atoms in total. The third kappa shape index (κ3) is 6.28. The van der Waals surface area contributed by atoms with Gasteiger partial charge in [-0.15, -0.1) is 0 Å². The van der Waals surface area contributed by atoms with Gasteiger partial charge in [0.15, 0.2) is 5.96 Å². The number of rotatable bonds is 7. The molecule has 8 heteroatoms. The summed E-state index contributed by atoms with van der Waals surface area (Å²) >= 11 is 0. The summed E-state index contributed by atoms with van der Waals surface area (Å²) in [5.41, 5.74) is 1.33. The second-order valence-electron chi connectivity index (χ2n) is 6.93. The van der Waals surface area contributed by atoms with Crippen molar-refractivity contribution in [2.45, 2.75) is 11.4 Å². The normalized spacial score (nSPS) is 16.0. The molecule has 0 radical (unpaired) electrons. The average Bonchev–Trinajstić information content (AvgIpc) is 2.76. The molecule has 0 spiro atoms. The summed E-state index contributed by atoms with van der Waals surface area (Å²) in [6.07, 6.45) is 0. The molecule has 1 fully saturated rings. The van der Waals surface area contributed by atoms with Gasteiger partial charge in [0, 0.05) is 52.9 Å². The van der Waals surface area contributed by atoms with Crippen LogP contribution in [0.3, 0.4) is 0 Å². The average molecular weight is 416 g/mol. The fourth-order valence-corrected chi connectivity index (χ4v) is 4.39. The Kier molecular flexibility index (Phi) is 7.62. The van der Waals surface area contributed by atoms with Gasteiger partial charge >= 0.3 is 0 Å². The van der Waals surface area contributed by atoms with Crippen LogP contribution in [0, 0.1) is 0 Å². The summed E-state index contributed by atoms with van der Waals surface area (Å²) in [7, 11) is -1.72.